The van der Waals surface area contributed by atoms with Crippen LogP contribution in [0, 0.1) is 0 Å². The molecule has 0 atom stereocenters. The van der Waals surface area contributed by atoms with E-state index in [1.165, 1.54) is 22.3 Å². The predicted octanol–water partition coefficient (Wildman–Crippen LogP) is 8.24. The fraction of sp³-hybridized carbons (Fsp3) is 0.581. The molecule has 36 heavy (non-hydrogen) atoms. The molecule has 0 bridgehead atoms. The van der Waals surface area contributed by atoms with E-state index in [1.54, 1.807) is 0 Å². The van der Waals surface area contributed by atoms with Gasteiger partial charge in [-0.3, -0.25) is 4.79 Å². The first-order chi connectivity index (χ1) is 16.4. The average molecular weight is 523 g/mol. The third-order valence-corrected chi connectivity index (χ3v) is 8.33. The Morgan fingerprint density at radius 3 is 1.69 bits per heavy atom. The third-order valence-electron chi connectivity index (χ3n) is 5.88. The molecule has 0 saturated heterocycles. The fourth-order valence-corrected chi connectivity index (χ4v) is 5.18. The van der Waals surface area contributed by atoms with Gasteiger partial charge in [0.05, 0.1) is 11.2 Å². The van der Waals surface area contributed by atoms with E-state index in [4.69, 9.17) is 8.85 Å². The van der Waals surface area contributed by atoms with Crippen LogP contribution in [0.2, 0.25) is 10.1 Å². The minimum atomic E-state index is -0.448. The van der Waals surface area contributed by atoms with Crippen molar-refractivity contribution in [1.82, 2.24) is 0 Å². The third kappa shape index (κ3) is 9.40. The van der Waals surface area contributed by atoms with Gasteiger partial charge in [0.2, 0.25) is 19.5 Å². The minimum absolute atomic E-state index is 0.107. The Labute approximate surface area is 225 Å². The molecule has 0 saturated carbocycles. The maximum Gasteiger partial charge on any atom is 0.236 e. The summed E-state index contributed by atoms with van der Waals surface area (Å²) in [5.74, 6) is 0.195. The number of benzene rings is 2. The summed E-state index contributed by atoms with van der Waals surface area (Å²) < 4.78 is 13.1. The Balaban J connectivity index is 2.39. The lowest BCUT2D eigenvalue weighted by Gasteiger charge is -2.37. The quantitative estimate of drug-likeness (QED) is 0.220. The number of ketones is 1. The zero-order chi connectivity index (χ0) is 27.4. The van der Waals surface area contributed by atoms with Gasteiger partial charge in [0, 0.05) is 12.0 Å². The monoisotopic (exact) mass is 522 g/mol. The van der Waals surface area contributed by atoms with Crippen molar-refractivity contribution >= 4 is 25.3 Å². The van der Waals surface area contributed by atoms with Crippen LogP contribution in [-0.4, -0.2) is 25.3 Å². The first-order valence-electron chi connectivity index (χ1n) is 13.1. The fourth-order valence-electron chi connectivity index (χ4n) is 3.83. The molecule has 0 N–H and O–H groups in total. The van der Waals surface area contributed by atoms with Gasteiger partial charge in [0.1, 0.15) is 0 Å². The highest BCUT2D eigenvalue weighted by molar-refractivity contribution is 6.32. The standard InChI is InChI=1S/C31H46O3Si2/c1-12-27(32)24-15-13-14-22(20-24)16-17-23-18-19-25(30(8,9)33-35-28(2,3)4)26(21-23)31(10,11)34-36-29(5,6)7/h13-15,18-21H,12,16-17H2,1-11H3. The number of Topliss-reactive ketones (excluding diaryl/α,β-unsaturated/α-hetero) is 1. The number of hydrogen-bond acceptors (Lipinski definition) is 3. The molecule has 2 rings (SSSR count). The molecule has 5 heteroatoms. The van der Waals surface area contributed by atoms with Crippen molar-refractivity contribution in [1.29, 1.82) is 0 Å². The van der Waals surface area contributed by atoms with Gasteiger partial charge < -0.3 is 8.85 Å². The molecule has 0 amide bonds. The molecule has 196 valence electrons. The van der Waals surface area contributed by atoms with Gasteiger partial charge in [-0.2, -0.15) is 0 Å². The summed E-state index contributed by atoms with van der Waals surface area (Å²) in [7, 11) is 0.789. The second-order valence-electron chi connectivity index (χ2n) is 12.8. The number of hydrogen-bond donors (Lipinski definition) is 0. The second-order valence-corrected chi connectivity index (χ2v) is 16.6. The zero-order valence-electron chi connectivity index (χ0n) is 24.4. The summed E-state index contributed by atoms with van der Waals surface area (Å²) in [4.78, 5) is 12.1. The molecule has 2 aromatic carbocycles. The van der Waals surface area contributed by atoms with Gasteiger partial charge in [-0.25, -0.2) is 0 Å². The van der Waals surface area contributed by atoms with E-state index in [2.05, 4.69) is 93.5 Å². The largest absolute Gasteiger partial charge is 0.408 e. The van der Waals surface area contributed by atoms with Crippen molar-refractivity contribution < 1.29 is 13.6 Å². The average Bonchev–Trinajstić information content (AvgIpc) is 2.79. The lowest BCUT2D eigenvalue weighted by Crippen LogP contribution is -2.34. The van der Waals surface area contributed by atoms with Crippen LogP contribution in [0.4, 0.5) is 0 Å². The van der Waals surface area contributed by atoms with Crippen LogP contribution in [0.3, 0.4) is 0 Å². The molecule has 0 aliphatic heterocycles. The van der Waals surface area contributed by atoms with E-state index >= 15 is 0 Å². The van der Waals surface area contributed by atoms with Gasteiger partial charge in [-0.05, 0) is 78.9 Å². The normalized spacial score (nSPS) is 13.2. The second kappa shape index (κ2) is 11.9. The van der Waals surface area contributed by atoms with Crippen LogP contribution in [-0.2, 0) is 32.9 Å². The lowest BCUT2D eigenvalue weighted by molar-refractivity contribution is 0.0829. The summed E-state index contributed by atoms with van der Waals surface area (Å²) >= 11 is 0. The molecule has 0 aliphatic carbocycles. The van der Waals surface area contributed by atoms with Gasteiger partial charge in [0.25, 0.3) is 0 Å². The lowest BCUT2D eigenvalue weighted by atomic mass is 9.84. The van der Waals surface area contributed by atoms with E-state index < -0.39 is 11.2 Å². The molecule has 2 aromatic rings. The van der Waals surface area contributed by atoms with E-state index in [1.807, 2.05) is 25.1 Å². The molecule has 0 fully saturated rings. The Bertz CT molecular complexity index is 1030. The number of rotatable bonds is 11. The summed E-state index contributed by atoms with van der Waals surface area (Å²) in [6.45, 7) is 23.9. The van der Waals surface area contributed by atoms with Crippen molar-refractivity contribution in [3.8, 4) is 0 Å². The maximum atomic E-state index is 12.1. The molecule has 0 spiro atoms. The summed E-state index contributed by atoms with van der Waals surface area (Å²) in [5.41, 5.74) is 4.76. The molecule has 0 unspecified atom stereocenters. The van der Waals surface area contributed by atoms with Gasteiger partial charge in [-0.15, -0.1) is 0 Å². The number of carbonyl (C=O) groups is 1. The first kappa shape index (κ1) is 30.7. The van der Waals surface area contributed by atoms with Crippen LogP contribution < -0.4 is 0 Å². The Hall–Kier alpha value is -1.54. The number of carbonyl (C=O) groups excluding carboxylic acids is 1. The van der Waals surface area contributed by atoms with E-state index in [0.717, 1.165) is 18.4 Å². The topological polar surface area (TPSA) is 35.5 Å². The van der Waals surface area contributed by atoms with Crippen molar-refractivity contribution in [3.63, 3.8) is 0 Å². The SMILES string of the molecule is CCC(=O)c1cccc(CCc2ccc(C(C)(C)O[Si]C(C)(C)C)c(C(C)(C)O[Si]C(C)(C)C)c2)c1. The minimum Gasteiger partial charge on any atom is -0.408 e. The zero-order valence-corrected chi connectivity index (χ0v) is 26.4. The van der Waals surface area contributed by atoms with Crippen molar-refractivity contribution in [2.24, 2.45) is 0 Å². The highest BCUT2D eigenvalue weighted by Gasteiger charge is 2.34. The summed E-state index contributed by atoms with van der Waals surface area (Å²) in [6.07, 6.45) is 2.33. The van der Waals surface area contributed by atoms with Gasteiger partial charge in [-0.1, -0.05) is 84.9 Å². The summed E-state index contributed by atoms with van der Waals surface area (Å²) in [6, 6.07) is 14.8. The molecule has 0 aromatic heterocycles. The maximum absolute atomic E-state index is 12.1. The first-order valence-corrected chi connectivity index (χ1v) is 14.9. The van der Waals surface area contributed by atoms with Gasteiger partial charge >= 0.3 is 0 Å². The van der Waals surface area contributed by atoms with Crippen LogP contribution >= 0.6 is 0 Å². The Morgan fingerprint density at radius 2 is 1.19 bits per heavy atom. The van der Waals surface area contributed by atoms with E-state index in [9.17, 15) is 4.79 Å². The molecular weight excluding hydrogens is 477 g/mol. The van der Waals surface area contributed by atoms with Crippen molar-refractivity contribution in [3.05, 3.63) is 70.3 Å². The predicted molar refractivity (Wildman–Crippen MR) is 154 cm³/mol. The molecular formula is C31H46O3Si2. The number of aryl methyl sites for hydroxylation is 2. The Morgan fingerprint density at radius 1 is 0.694 bits per heavy atom. The van der Waals surface area contributed by atoms with Crippen LogP contribution in [0.5, 0.6) is 0 Å². The summed E-state index contributed by atoms with van der Waals surface area (Å²) in [5, 5.41) is 0.223. The molecule has 3 nitrogen and oxygen atoms in total. The van der Waals surface area contributed by atoms with Crippen LogP contribution in [0.25, 0.3) is 0 Å². The van der Waals surface area contributed by atoms with Crippen LogP contribution in [0.15, 0.2) is 42.5 Å². The highest BCUT2D eigenvalue weighted by Crippen LogP contribution is 2.39. The molecule has 4 radical (unpaired) electrons. The van der Waals surface area contributed by atoms with E-state index in [-0.39, 0.29) is 15.9 Å². The highest BCUT2D eigenvalue weighted by atomic mass is 28.2. The smallest absolute Gasteiger partial charge is 0.236 e. The van der Waals surface area contributed by atoms with E-state index in [0.29, 0.717) is 25.9 Å². The molecule has 0 aliphatic rings. The van der Waals surface area contributed by atoms with Crippen molar-refractivity contribution in [2.45, 2.75) is 117 Å². The Kier molecular flexibility index (Phi) is 10.1. The van der Waals surface area contributed by atoms with Crippen molar-refractivity contribution in [2.75, 3.05) is 0 Å². The molecule has 0 heterocycles. The van der Waals surface area contributed by atoms with Crippen LogP contribution in [0.1, 0.15) is 115 Å². The van der Waals surface area contributed by atoms with Gasteiger partial charge in [0.15, 0.2) is 5.78 Å².